The zero-order valence-electron chi connectivity index (χ0n) is 10.3. The lowest BCUT2D eigenvalue weighted by Crippen LogP contribution is -1.95. The largest absolute Gasteiger partial charge is 0.103 e. The normalized spacial score (nSPS) is 16.4. The fraction of sp³-hybridized carbons (Fsp3) is 0.714. The molecule has 0 amide bonds. The molecular weight excluding hydrogens is 168 g/mol. The highest BCUT2D eigenvalue weighted by molar-refractivity contribution is 5.01. The molecule has 0 N–H and O–H groups in total. The molecule has 0 saturated carbocycles. The molecule has 82 valence electrons. The molecule has 0 heterocycles. The molecule has 0 aliphatic heterocycles. The van der Waals surface area contributed by atoms with Crippen LogP contribution in [-0.4, -0.2) is 0 Å². The molecule has 0 saturated heterocycles. The smallest absolute Gasteiger partial charge is 0.0237 e. The number of hydrogen-bond acceptors (Lipinski definition) is 0. The Morgan fingerprint density at radius 2 is 2.00 bits per heavy atom. The fourth-order valence-electron chi connectivity index (χ4n) is 1.52. The monoisotopic (exact) mass is 194 g/mol. The minimum absolute atomic E-state index is 0.754. The van der Waals surface area contributed by atoms with E-state index >= 15 is 0 Å². The predicted octanol–water partition coefficient (Wildman–Crippen LogP) is 4.97. The lowest BCUT2D eigenvalue weighted by molar-refractivity contribution is 0.543. The molecule has 0 radical (unpaired) electrons. The van der Waals surface area contributed by atoms with Crippen LogP contribution in [0.25, 0.3) is 0 Å². The van der Waals surface area contributed by atoms with Gasteiger partial charge in [0.05, 0.1) is 0 Å². The van der Waals surface area contributed by atoms with Crippen LogP contribution in [-0.2, 0) is 0 Å². The van der Waals surface area contributed by atoms with Crippen molar-refractivity contribution in [1.82, 2.24) is 0 Å². The lowest BCUT2D eigenvalue weighted by Gasteiger charge is -2.10. The van der Waals surface area contributed by atoms with Gasteiger partial charge in [0, 0.05) is 0 Å². The molecule has 0 aromatic carbocycles. The minimum atomic E-state index is 0.754. The van der Waals surface area contributed by atoms with E-state index in [2.05, 4.69) is 40.3 Å². The van der Waals surface area contributed by atoms with Gasteiger partial charge in [0.25, 0.3) is 0 Å². The molecule has 0 rings (SSSR count). The van der Waals surface area contributed by atoms with Crippen molar-refractivity contribution in [3.63, 3.8) is 0 Å². The molecule has 0 aliphatic rings. The SMILES string of the molecule is C=CCC(C)CCC=C(C)C(C)CC. The first-order valence-corrected chi connectivity index (χ1v) is 5.89. The third-order valence-electron chi connectivity index (χ3n) is 3.08. The van der Waals surface area contributed by atoms with Crippen molar-refractivity contribution < 1.29 is 0 Å². The van der Waals surface area contributed by atoms with Crippen molar-refractivity contribution in [3.8, 4) is 0 Å². The second kappa shape index (κ2) is 7.84. The van der Waals surface area contributed by atoms with Gasteiger partial charge in [-0.2, -0.15) is 0 Å². The van der Waals surface area contributed by atoms with Crippen LogP contribution in [0.5, 0.6) is 0 Å². The highest BCUT2D eigenvalue weighted by atomic mass is 14.1. The maximum Gasteiger partial charge on any atom is -0.0237 e. The van der Waals surface area contributed by atoms with Gasteiger partial charge in [0.15, 0.2) is 0 Å². The quantitative estimate of drug-likeness (QED) is 0.502. The average Bonchev–Trinajstić information content (AvgIpc) is 2.16. The van der Waals surface area contributed by atoms with E-state index in [0.29, 0.717) is 0 Å². The van der Waals surface area contributed by atoms with Gasteiger partial charge < -0.3 is 0 Å². The first kappa shape index (κ1) is 13.5. The summed E-state index contributed by atoms with van der Waals surface area (Å²) >= 11 is 0. The summed E-state index contributed by atoms with van der Waals surface area (Å²) in [6, 6.07) is 0. The maximum absolute atomic E-state index is 3.77. The van der Waals surface area contributed by atoms with E-state index < -0.39 is 0 Å². The molecule has 0 nitrogen and oxygen atoms in total. The molecule has 14 heavy (non-hydrogen) atoms. The summed E-state index contributed by atoms with van der Waals surface area (Å²) in [6.07, 6.45) is 9.36. The molecule has 0 fully saturated rings. The molecule has 2 unspecified atom stereocenters. The van der Waals surface area contributed by atoms with Crippen LogP contribution in [0.15, 0.2) is 24.3 Å². The molecule has 2 atom stereocenters. The van der Waals surface area contributed by atoms with E-state index in [1.165, 1.54) is 19.3 Å². The Hall–Kier alpha value is -0.520. The second-order valence-electron chi connectivity index (χ2n) is 4.46. The molecular formula is C14H26. The van der Waals surface area contributed by atoms with E-state index in [0.717, 1.165) is 18.3 Å². The van der Waals surface area contributed by atoms with Crippen LogP contribution in [0.1, 0.15) is 53.4 Å². The standard InChI is InChI=1S/C14H26/c1-6-9-12(3)10-8-11-14(5)13(4)7-2/h6,11-13H,1,7-10H2,2-5H3. The van der Waals surface area contributed by atoms with Gasteiger partial charge in [-0.1, -0.05) is 38.5 Å². The van der Waals surface area contributed by atoms with E-state index in [9.17, 15) is 0 Å². The molecule has 0 bridgehead atoms. The van der Waals surface area contributed by atoms with Crippen LogP contribution in [0.3, 0.4) is 0 Å². The first-order chi connectivity index (χ1) is 6.61. The summed E-state index contributed by atoms with van der Waals surface area (Å²) < 4.78 is 0. The van der Waals surface area contributed by atoms with E-state index in [4.69, 9.17) is 0 Å². The highest BCUT2D eigenvalue weighted by Gasteiger charge is 2.01. The van der Waals surface area contributed by atoms with Gasteiger partial charge in [-0.3, -0.25) is 0 Å². The van der Waals surface area contributed by atoms with Gasteiger partial charge in [-0.05, 0) is 44.4 Å². The van der Waals surface area contributed by atoms with Gasteiger partial charge in [-0.25, -0.2) is 0 Å². The zero-order chi connectivity index (χ0) is 11.0. The van der Waals surface area contributed by atoms with Crippen molar-refractivity contribution in [2.75, 3.05) is 0 Å². The summed E-state index contributed by atoms with van der Waals surface area (Å²) in [4.78, 5) is 0. The molecule has 0 aliphatic carbocycles. The van der Waals surface area contributed by atoms with Crippen LogP contribution in [0.2, 0.25) is 0 Å². The van der Waals surface area contributed by atoms with Gasteiger partial charge in [-0.15, -0.1) is 6.58 Å². The third kappa shape index (κ3) is 6.01. The van der Waals surface area contributed by atoms with Crippen LogP contribution >= 0.6 is 0 Å². The Morgan fingerprint density at radius 1 is 1.36 bits per heavy atom. The number of allylic oxidation sites excluding steroid dienone is 3. The van der Waals surface area contributed by atoms with Gasteiger partial charge >= 0.3 is 0 Å². The van der Waals surface area contributed by atoms with Gasteiger partial charge in [0.1, 0.15) is 0 Å². The molecule has 0 aromatic rings. The van der Waals surface area contributed by atoms with Gasteiger partial charge in [0.2, 0.25) is 0 Å². The number of hydrogen-bond donors (Lipinski definition) is 0. The van der Waals surface area contributed by atoms with Crippen molar-refractivity contribution in [2.24, 2.45) is 11.8 Å². The average molecular weight is 194 g/mol. The Balaban J connectivity index is 3.74. The van der Waals surface area contributed by atoms with Crippen molar-refractivity contribution in [2.45, 2.75) is 53.4 Å². The van der Waals surface area contributed by atoms with Crippen molar-refractivity contribution in [3.05, 3.63) is 24.3 Å². The van der Waals surface area contributed by atoms with Crippen LogP contribution in [0.4, 0.5) is 0 Å². The van der Waals surface area contributed by atoms with Crippen LogP contribution < -0.4 is 0 Å². The number of rotatable bonds is 7. The Kier molecular flexibility index (Phi) is 7.55. The van der Waals surface area contributed by atoms with E-state index in [1.807, 2.05) is 6.08 Å². The Labute approximate surface area is 90.1 Å². The zero-order valence-corrected chi connectivity index (χ0v) is 10.3. The lowest BCUT2D eigenvalue weighted by atomic mass is 9.96. The molecule has 0 aromatic heterocycles. The first-order valence-electron chi connectivity index (χ1n) is 5.89. The Morgan fingerprint density at radius 3 is 2.50 bits per heavy atom. The fourth-order valence-corrected chi connectivity index (χ4v) is 1.52. The van der Waals surface area contributed by atoms with E-state index in [-0.39, 0.29) is 0 Å². The van der Waals surface area contributed by atoms with Crippen molar-refractivity contribution in [1.29, 1.82) is 0 Å². The summed E-state index contributed by atoms with van der Waals surface area (Å²) in [5.41, 5.74) is 1.55. The third-order valence-corrected chi connectivity index (χ3v) is 3.08. The molecule has 0 spiro atoms. The topological polar surface area (TPSA) is 0 Å². The Bertz CT molecular complexity index is 176. The summed E-state index contributed by atoms with van der Waals surface area (Å²) in [6.45, 7) is 12.9. The van der Waals surface area contributed by atoms with E-state index in [1.54, 1.807) is 5.57 Å². The summed E-state index contributed by atoms with van der Waals surface area (Å²) in [7, 11) is 0. The predicted molar refractivity (Wildman–Crippen MR) is 66.4 cm³/mol. The maximum atomic E-state index is 3.77. The van der Waals surface area contributed by atoms with Crippen molar-refractivity contribution >= 4 is 0 Å². The molecule has 0 heteroatoms. The minimum Gasteiger partial charge on any atom is -0.103 e. The summed E-state index contributed by atoms with van der Waals surface area (Å²) in [5.74, 6) is 1.54. The second-order valence-corrected chi connectivity index (χ2v) is 4.46. The highest BCUT2D eigenvalue weighted by Crippen LogP contribution is 2.17. The summed E-state index contributed by atoms with van der Waals surface area (Å²) in [5, 5.41) is 0. The van der Waals surface area contributed by atoms with Crippen LogP contribution in [0, 0.1) is 11.8 Å².